The third-order valence-electron chi connectivity index (χ3n) is 2.46. The second-order valence-electron chi connectivity index (χ2n) is 3.87. The molecule has 1 heterocycles. The minimum atomic E-state index is 0.629. The second kappa shape index (κ2) is 5.10. The topological polar surface area (TPSA) is 37.9 Å². The summed E-state index contributed by atoms with van der Waals surface area (Å²) in [5.41, 5.74) is 2.21. The number of aromatic nitrogens is 2. The van der Waals surface area contributed by atoms with Crippen LogP contribution in [0, 0.1) is 11.6 Å². The standard InChI is InChI=1S/C13H14N2OS/c1-9-7-13(17)15-12(14-9)8-10-3-5-11(16-2)6-4-10/h3-7H,8H2,1-2H3,(H,14,15,17). The van der Waals surface area contributed by atoms with Crippen molar-refractivity contribution in [1.29, 1.82) is 0 Å². The molecular formula is C13H14N2OS. The number of rotatable bonds is 3. The van der Waals surface area contributed by atoms with E-state index >= 15 is 0 Å². The summed E-state index contributed by atoms with van der Waals surface area (Å²) in [5, 5.41) is 0. The number of benzene rings is 1. The molecule has 1 aromatic carbocycles. The fourth-order valence-corrected chi connectivity index (χ4v) is 1.95. The van der Waals surface area contributed by atoms with E-state index in [1.165, 1.54) is 5.56 Å². The van der Waals surface area contributed by atoms with E-state index in [-0.39, 0.29) is 0 Å². The van der Waals surface area contributed by atoms with Gasteiger partial charge in [-0.2, -0.15) is 0 Å². The van der Waals surface area contributed by atoms with E-state index in [1.54, 1.807) is 7.11 Å². The molecule has 88 valence electrons. The summed E-state index contributed by atoms with van der Waals surface area (Å²) in [7, 11) is 1.66. The Kier molecular flexibility index (Phi) is 3.54. The largest absolute Gasteiger partial charge is 0.497 e. The number of aromatic amines is 1. The minimum Gasteiger partial charge on any atom is -0.497 e. The van der Waals surface area contributed by atoms with Crippen molar-refractivity contribution >= 4 is 12.2 Å². The SMILES string of the molecule is COc1ccc(Cc2nc(=S)cc(C)[nH]2)cc1. The highest BCUT2D eigenvalue weighted by Gasteiger charge is 2.00. The van der Waals surface area contributed by atoms with Crippen LogP contribution in [0.3, 0.4) is 0 Å². The Morgan fingerprint density at radius 2 is 2.00 bits per heavy atom. The normalized spacial score (nSPS) is 10.2. The maximum Gasteiger partial charge on any atom is 0.129 e. The lowest BCUT2D eigenvalue weighted by Gasteiger charge is -2.04. The van der Waals surface area contributed by atoms with Crippen molar-refractivity contribution < 1.29 is 4.74 Å². The van der Waals surface area contributed by atoms with Crippen LogP contribution in [0.15, 0.2) is 30.3 Å². The zero-order valence-electron chi connectivity index (χ0n) is 9.86. The van der Waals surface area contributed by atoms with Crippen LogP contribution >= 0.6 is 12.2 Å². The summed E-state index contributed by atoms with van der Waals surface area (Å²) in [5.74, 6) is 1.75. The number of nitrogens with one attached hydrogen (secondary N) is 1. The molecule has 0 bridgehead atoms. The van der Waals surface area contributed by atoms with Gasteiger partial charge in [0.2, 0.25) is 0 Å². The van der Waals surface area contributed by atoms with Crippen molar-refractivity contribution in [3.05, 3.63) is 52.1 Å². The average Bonchev–Trinajstić information content (AvgIpc) is 2.28. The Balaban J connectivity index is 2.22. The van der Waals surface area contributed by atoms with E-state index in [1.807, 2.05) is 37.3 Å². The first kappa shape index (κ1) is 11.8. The highest BCUT2D eigenvalue weighted by atomic mass is 32.1. The van der Waals surface area contributed by atoms with Crippen LogP contribution in [0.5, 0.6) is 5.75 Å². The molecule has 1 aromatic heterocycles. The van der Waals surface area contributed by atoms with Crippen LogP contribution in [0.2, 0.25) is 0 Å². The predicted octanol–water partition coefficient (Wildman–Crippen LogP) is 3.05. The maximum absolute atomic E-state index is 5.12. The van der Waals surface area contributed by atoms with Crippen molar-refractivity contribution in [2.24, 2.45) is 0 Å². The summed E-state index contributed by atoms with van der Waals surface area (Å²) in [4.78, 5) is 7.52. The Labute approximate surface area is 105 Å². The van der Waals surface area contributed by atoms with E-state index in [9.17, 15) is 0 Å². The molecule has 0 aliphatic heterocycles. The molecule has 0 fully saturated rings. The molecule has 0 aliphatic carbocycles. The molecular weight excluding hydrogens is 232 g/mol. The molecule has 3 nitrogen and oxygen atoms in total. The lowest BCUT2D eigenvalue weighted by molar-refractivity contribution is 0.414. The van der Waals surface area contributed by atoms with Gasteiger partial charge in [0.05, 0.1) is 7.11 Å². The Bertz CT molecular complexity index is 560. The first-order valence-corrected chi connectivity index (χ1v) is 5.78. The van der Waals surface area contributed by atoms with Gasteiger partial charge in [0.25, 0.3) is 0 Å². The number of hydrogen-bond donors (Lipinski definition) is 1. The molecule has 0 aliphatic rings. The van der Waals surface area contributed by atoms with Crippen LogP contribution in [0.25, 0.3) is 0 Å². The molecule has 1 N–H and O–H groups in total. The third kappa shape index (κ3) is 3.14. The molecule has 0 radical (unpaired) electrons. The fourth-order valence-electron chi connectivity index (χ4n) is 1.66. The van der Waals surface area contributed by atoms with Crippen molar-refractivity contribution in [2.45, 2.75) is 13.3 Å². The smallest absolute Gasteiger partial charge is 0.129 e. The highest BCUT2D eigenvalue weighted by Crippen LogP contribution is 2.13. The minimum absolute atomic E-state index is 0.629. The zero-order chi connectivity index (χ0) is 12.3. The van der Waals surface area contributed by atoms with Gasteiger partial charge in [-0.25, -0.2) is 4.98 Å². The monoisotopic (exact) mass is 246 g/mol. The van der Waals surface area contributed by atoms with E-state index in [2.05, 4.69) is 9.97 Å². The Hall–Kier alpha value is -1.68. The molecule has 4 heteroatoms. The highest BCUT2D eigenvalue weighted by molar-refractivity contribution is 7.71. The van der Waals surface area contributed by atoms with Gasteiger partial charge in [0.15, 0.2) is 0 Å². The van der Waals surface area contributed by atoms with Crippen LogP contribution in [0.4, 0.5) is 0 Å². The summed E-state index contributed by atoms with van der Waals surface area (Å²) >= 11 is 5.09. The number of H-pyrrole nitrogens is 1. The Morgan fingerprint density at radius 3 is 2.59 bits per heavy atom. The molecule has 2 rings (SSSR count). The van der Waals surface area contributed by atoms with Gasteiger partial charge in [0, 0.05) is 12.1 Å². The lowest BCUT2D eigenvalue weighted by atomic mass is 10.1. The number of hydrogen-bond acceptors (Lipinski definition) is 3. The third-order valence-corrected chi connectivity index (χ3v) is 2.67. The summed E-state index contributed by atoms with van der Waals surface area (Å²) < 4.78 is 5.75. The van der Waals surface area contributed by atoms with Gasteiger partial charge < -0.3 is 9.72 Å². The summed E-state index contributed by atoms with van der Waals surface area (Å²) in [6.45, 7) is 1.98. The van der Waals surface area contributed by atoms with Gasteiger partial charge in [0.1, 0.15) is 16.2 Å². The van der Waals surface area contributed by atoms with Crippen LogP contribution < -0.4 is 4.74 Å². The van der Waals surface area contributed by atoms with Crippen molar-refractivity contribution in [1.82, 2.24) is 9.97 Å². The van der Waals surface area contributed by atoms with Crippen molar-refractivity contribution in [3.8, 4) is 5.75 Å². The van der Waals surface area contributed by atoms with E-state index < -0.39 is 0 Å². The number of ether oxygens (including phenoxy) is 1. The first-order chi connectivity index (χ1) is 8.17. The molecule has 0 saturated carbocycles. The lowest BCUT2D eigenvalue weighted by Crippen LogP contribution is -1.98. The molecule has 0 atom stereocenters. The molecule has 0 spiro atoms. The molecule has 17 heavy (non-hydrogen) atoms. The second-order valence-corrected chi connectivity index (χ2v) is 4.29. The van der Waals surface area contributed by atoms with E-state index in [0.717, 1.165) is 23.7 Å². The van der Waals surface area contributed by atoms with Crippen LogP contribution in [-0.4, -0.2) is 17.1 Å². The molecule has 0 amide bonds. The van der Waals surface area contributed by atoms with Gasteiger partial charge >= 0.3 is 0 Å². The average molecular weight is 246 g/mol. The molecule has 2 aromatic rings. The molecule has 0 unspecified atom stereocenters. The van der Waals surface area contributed by atoms with E-state index in [0.29, 0.717) is 4.64 Å². The first-order valence-electron chi connectivity index (χ1n) is 5.37. The Morgan fingerprint density at radius 1 is 1.29 bits per heavy atom. The quantitative estimate of drug-likeness (QED) is 0.846. The zero-order valence-corrected chi connectivity index (χ0v) is 10.7. The van der Waals surface area contributed by atoms with Crippen molar-refractivity contribution in [2.75, 3.05) is 7.11 Å². The molecule has 0 saturated heterocycles. The fraction of sp³-hybridized carbons (Fsp3) is 0.231. The predicted molar refractivity (Wildman–Crippen MR) is 70.0 cm³/mol. The van der Waals surface area contributed by atoms with Gasteiger partial charge in [-0.15, -0.1) is 0 Å². The van der Waals surface area contributed by atoms with Gasteiger partial charge in [-0.3, -0.25) is 0 Å². The summed E-state index contributed by atoms with van der Waals surface area (Å²) in [6, 6.07) is 9.80. The van der Waals surface area contributed by atoms with Crippen molar-refractivity contribution in [3.63, 3.8) is 0 Å². The number of aryl methyl sites for hydroxylation is 1. The maximum atomic E-state index is 5.12. The summed E-state index contributed by atoms with van der Waals surface area (Å²) in [6.07, 6.45) is 0.745. The van der Waals surface area contributed by atoms with E-state index in [4.69, 9.17) is 17.0 Å². The van der Waals surface area contributed by atoms with Gasteiger partial charge in [-0.05, 0) is 30.7 Å². The number of nitrogens with zero attached hydrogens (tertiary/aromatic N) is 1. The van der Waals surface area contributed by atoms with Gasteiger partial charge in [-0.1, -0.05) is 24.4 Å². The van der Waals surface area contributed by atoms with Crippen LogP contribution in [-0.2, 0) is 6.42 Å². The van der Waals surface area contributed by atoms with Crippen LogP contribution in [0.1, 0.15) is 17.1 Å². The number of methoxy groups -OCH3 is 1.